The van der Waals surface area contributed by atoms with Gasteiger partial charge in [0.15, 0.2) is 0 Å². The number of hydrogen-bond donors (Lipinski definition) is 1. The third-order valence-corrected chi connectivity index (χ3v) is 4.23. The van der Waals surface area contributed by atoms with E-state index in [1.54, 1.807) is 0 Å². The standard InChI is InChI=1S/C17H27ClN2/c1-14(2)11-19-12-17-5-3-4-10-20(17)13-15-6-8-16(18)9-7-15/h6-9,14,17,19H,3-5,10-13H2,1-2H3. The average Bonchev–Trinajstić information content (AvgIpc) is 2.43. The van der Waals surface area contributed by atoms with Gasteiger partial charge in [-0.05, 0) is 49.5 Å². The highest BCUT2D eigenvalue weighted by atomic mass is 35.5. The zero-order valence-electron chi connectivity index (χ0n) is 12.7. The Bertz CT molecular complexity index is 388. The molecule has 2 nitrogen and oxygen atoms in total. The van der Waals surface area contributed by atoms with Gasteiger partial charge in [-0.15, -0.1) is 0 Å². The molecule has 0 saturated carbocycles. The lowest BCUT2D eigenvalue weighted by Gasteiger charge is -2.36. The van der Waals surface area contributed by atoms with Crippen molar-refractivity contribution < 1.29 is 0 Å². The molecular weight excluding hydrogens is 268 g/mol. The molecule has 1 unspecified atom stereocenters. The minimum absolute atomic E-state index is 0.679. The van der Waals surface area contributed by atoms with Gasteiger partial charge in [0.1, 0.15) is 0 Å². The van der Waals surface area contributed by atoms with Gasteiger partial charge in [-0.25, -0.2) is 0 Å². The molecule has 112 valence electrons. The Morgan fingerprint density at radius 3 is 2.70 bits per heavy atom. The maximum absolute atomic E-state index is 5.96. The fourth-order valence-corrected chi connectivity index (χ4v) is 2.99. The monoisotopic (exact) mass is 294 g/mol. The lowest BCUT2D eigenvalue weighted by Crippen LogP contribution is -2.45. The molecule has 0 amide bonds. The fraction of sp³-hybridized carbons (Fsp3) is 0.647. The van der Waals surface area contributed by atoms with Gasteiger partial charge in [0.25, 0.3) is 0 Å². The van der Waals surface area contributed by atoms with E-state index in [4.69, 9.17) is 11.6 Å². The second-order valence-corrected chi connectivity index (χ2v) is 6.74. The second-order valence-electron chi connectivity index (χ2n) is 6.30. The van der Waals surface area contributed by atoms with Gasteiger partial charge in [-0.1, -0.05) is 44.0 Å². The molecule has 0 bridgehead atoms. The van der Waals surface area contributed by atoms with Crippen molar-refractivity contribution in [1.29, 1.82) is 0 Å². The lowest BCUT2D eigenvalue weighted by atomic mass is 10.0. The number of likely N-dealkylation sites (tertiary alicyclic amines) is 1. The minimum Gasteiger partial charge on any atom is -0.315 e. The van der Waals surface area contributed by atoms with Crippen LogP contribution in [0.5, 0.6) is 0 Å². The van der Waals surface area contributed by atoms with Gasteiger partial charge in [-0.2, -0.15) is 0 Å². The number of hydrogen-bond acceptors (Lipinski definition) is 2. The van der Waals surface area contributed by atoms with Gasteiger partial charge < -0.3 is 5.32 Å². The number of halogens is 1. The molecule has 20 heavy (non-hydrogen) atoms. The van der Waals surface area contributed by atoms with Gasteiger partial charge in [0, 0.05) is 24.2 Å². The van der Waals surface area contributed by atoms with Crippen molar-refractivity contribution in [2.45, 2.75) is 45.7 Å². The summed E-state index contributed by atoms with van der Waals surface area (Å²) < 4.78 is 0. The molecule has 1 N–H and O–H groups in total. The molecule has 1 fully saturated rings. The first-order valence-corrected chi connectivity index (χ1v) is 8.22. The Hall–Kier alpha value is -0.570. The van der Waals surface area contributed by atoms with E-state index in [9.17, 15) is 0 Å². The van der Waals surface area contributed by atoms with Crippen molar-refractivity contribution in [1.82, 2.24) is 10.2 Å². The van der Waals surface area contributed by atoms with E-state index < -0.39 is 0 Å². The normalized spacial score (nSPS) is 20.5. The first kappa shape index (κ1) is 15.8. The number of benzene rings is 1. The Kier molecular flexibility index (Phi) is 6.34. The maximum atomic E-state index is 5.96. The average molecular weight is 295 g/mol. The third kappa shape index (κ3) is 5.08. The van der Waals surface area contributed by atoms with Gasteiger partial charge in [-0.3, -0.25) is 4.90 Å². The molecule has 1 aromatic rings. The van der Waals surface area contributed by atoms with Crippen molar-refractivity contribution >= 4 is 11.6 Å². The highest BCUT2D eigenvalue weighted by Crippen LogP contribution is 2.20. The van der Waals surface area contributed by atoms with Crippen LogP contribution in [0.2, 0.25) is 5.02 Å². The van der Waals surface area contributed by atoms with Gasteiger partial charge in [0.2, 0.25) is 0 Å². The zero-order valence-corrected chi connectivity index (χ0v) is 13.5. The minimum atomic E-state index is 0.679. The van der Waals surface area contributed by atoms with Crippen LogP contribution in [0.25, 0.3) is 0 Å². The predicted octanol–water partition coefficient (Wildman–Crippen LogP) is 3.94. The van der Waals surface area contributed by atoms with Crippen LogP contribution < -0.4 is 5.32 Å². The summed E-state index contributed by atoms with van der Waals surface area (Å²) in [6.07, 6.45) is 4.01. The highest BCUT2D eigenvalue weighted by Gasteiger charge is 2.21. The molecule has 0 spiro atoms. The summed E-state index contributed by atoms with van der Waals surface area (Å²) in [7, 11) is 0. The lowest BCUT2D eigenvalue weighted by molar-refractivity contribution is 0.137. The van der Waals surface area contributed by atoms with Crippen LogP contribution in [-0.2, 0) is 6.54 Å². The van der Waals surface area contributed by atoms with E-state index in [0.717, 1.165) is 30.6 Å². The van der Waals surface area contributed by atoms with E-state index in [-0.39, 0.29) is 0 Å². The molecule has 0 aliphatic carbocycles. The molecule has 0 radical (unpaired) electrons. The molecule has 1 aliphatic heterocycles. The van der Waals surface area contributed by atoms with Crippen LogP contribution in [-0.4, -0.2) is 30.6 Å². The molecule has 3 heteroatoms. The largest absolute Gasteiger partial charge is 0.315 e. The molecule has 2 rings (SSSR count). The van der Waals surface area contributed by atoms with Crippen molar-refractivity contribution in [2.75, 3.05) is 19.6 Å². The summed E-state index contributed by atoms with van der Waals surface area (Å²) in [4.78, 5) is 2.63. The Morgan fingerprint density at radius 1 is 1.25 bits per heavy atom. The zero-order chi connectivity index (χ0) is 14.4. The van der Waals surface area contributed by atoms with Gasteiger partial charge in [0.05, 0.1) is 0 Å². The number of rotatable bonds is 6. The van der Waals surface area contributed by atoms with Crippen molar-refractivity contribution in [2.24, 2.45) is 5.92 Å². The molecule has 1 aliphatic rings. The summed E-state index contributed by atoms with van der Waals surface area (Å²) in [6, 6.07) is 8.96. The van der Waals surface area contributed by atoms with Gasteiger partial charge >= 0.3 is 0 Å². The number of nitrogens with zero attached hydrogens (tertiary/aromatic N) is 1. The van der Waals surface area contributed by atoms with Crippen LogP contribution in [0.1, 0.15) is 38.7 Å². The number of nitrogens with one attached hydrogen (secondary N) is 1. The van der Waals surface area contributed by atoms with E-state index in [1.807, 2.05) is 12.1 Å². The summed E-state index contributed by atoms with van der Waals surface area (Å²) in [5.41, 5.74) is 1.37. The molecule has 1 saturated heterocycles. The second kappa shape index (κ2) is 8.02. The summed E-state index contributed by atoms with van der Waals surface area (Å²) in [5, 5.41) is 4.44. The van der Waals surface area contributed by atoms with Crippen LogP contribution in [0.3, 0.4) is 0 Å². The number of piperidine rings is 1. The molecule has 1 aromatic carbocycles. The molecular formula is C17H27ClN2. The van der Waals surface area contributed by atoms with E-state index >= 15 is 0 Å². The van der Waals surface area contributed by atoms with E-state index in [0.29, 0.717) is 6.04 Å². The summed E-state index contributed by atoms with van der Waals surface area (Å²) in [5.74, 6) is 0.725. The molecule has 0 aromatic heterocycles. The predicted molar refractivity (Wildman–Crippen MR) is 87.2 cm³/mol. The topological polar surface area (TPSA) is 15.3 Å². The quantitative estimate of drug-likeness (QED) is 0.855. The third-order valence-electron chi connectivity index (χ3n) is 3.98. The van der Waals surface area contributed by atoms with Crippen LogP contribution in [0, 0.1) is 5.92 Å². The van der Waals surface area contributed by atoms with Crippen molar-refractivity contribution in [3.8, 4) is 0 Å². The Morgan fingerprint density at radius 2 is 2.00 bits per heavy atom. The molecule has 1 heterocycles. The first-order chi connectivity index (χ1) is 9.65. The Labute approximate surface area is 128 Å². The first-order valence-electron chi connectivity index (χ1n) is 7.84. The summed E-state index contributed by atoms with van der Waals surface area (Å²) in [6.45, 7) is 9.03. The maximum Gasteiger partial charge on any atom is 0.0406 e. The summed E-state index contributed by atoms with van der Waals surface area (Å²) >= 11 is 5.96. The SMILES string of the molecule is CC(C)CNCC1CCCCN1Cc1ccc(Cl)cc1. The molecule has 1 atom stereocenters. The van der Waals surface area contributed by atoms with Crippen LogP contribution in [0.4, 0.5) is 0 Å². The van der Waals surface area contributed by atoms with Crippen molar-refractivity contribution in [3.05, 3.63) is 34.9 Å². The smallest absolute Gasteiger partial charge is 0.0406 e. The van der Waals surface area contributed by atoms with Crippen LogP contribution >= 0.6 is 11.6 Å². The van der Waals surface area contributed by atoms with E-state index in [1.165, 1.54) is 31.4 Å². The highest BCUT2D eigenvalue weighted by molar-refractivity contribution is 6.30. The fourth-order valence-electron chi connectivity index (χ4n) is 2.86. The van der Waals surface area contributed by atoms with Crippen LogP contribution in [0.15, 0.2) is 24.3 Å². The van der Waals surface area contributed by atoms with Crippen molar-refractivity contribution in [3.63, 3.8) is 0 Å². The Balaban J connectivity index is 1.87. The van der Waals surface area contributed by atoms with E-state index in [2.05, 4.69) is 36.2 Å².